The minimum atomic E-state index is -1.08. The number of nitrogens with two attached hydrogens (primary N) is 1. The second-order valence-corrected chi connectivity index (χ2v) is 2.66. The van der Waals surface area contributed by atoms with E-state index < -0.39 is 22.8 Å². The average Bonchev–Trinajstić information content (AvgIpc) is 2.64. The van der Waals surface area contributed by atoms with Gasteiger partial charge in [0.1, 0.15) is 4.92 Å². The van der Waals surface area contributed by atoms with Gasteiger partial charge in [-0.1, -0.05) is 0 Å². The molecule has 3 N–H and O–H groups in total. The molecule has 0 spiro atoms. The Labute approximate surface area is 122 Å². The zero-order chi connectivity index (χ0) is 14.1. The van der Waals surface area contributed by atoms with E-state index in [2.05, 4.69) is 9.52 Å². The molecule has 108 valence electrons. The summed E-state index contributed by atoms with van der Waals surface area (Å²) in [5, 5.41) is 22.4. The van der Waals surface area contributed by atoms with Crippen molar-refractivity contribution in [2.45, 2.75) is 6.92 Å². The summed E-state index contributed by atoms with van der Waals surface area (Å²) in [4.78, 5) is 28.5. The molecule has 0 atom stereocenters. The van der Waals surface area contributed by atoms with Gasteiger partial charge in [0.2, 0.25) is 0 Å². The smallest absolute Gasteiger partial charge is 0.550 e. The molecule has 11 heteroatoms. The van der Waals surface area contributed by atoms with Crippen LogP contribution in [0.25, 0.3) is 0 Å². The van der Waals surface area contributed by atoms with Crippen LogP contribution in [-0.2, 0) is 27.2 Å². The number of amides is 2. The number of nitro groups is 1. The molecule has 0 saturated heterocycles. The Hall–Kier alpha value is -2.17. The minimum Gasteiger partial charge on any atom is -0.550 e. The SMILES string of the molecule is CC(=O)[O-].NC(=O)N/N=C/c1ccc([N+](=O)[O-])o1.[Ag+]. The largest absolute Gasteiger partial charge is 1.00 e. The normalized spacial score (nSPS) is 8.89. The summed E-state index contributed by atoms with van der Waals surface area (Å²) in [5.74, 6) is -1.34. The van der Waals surface area contributed by atoms with Crippen molar-refractivity contribution in [2.75, 3.05) is 0 Å². The van der Waals surface area contributed by atoms with Gasteiger partial charge in [-0.15, -0.1) is 0 Å². The maximum atomic E-state index is 10.2. The van der Waals surface area contributed by atoms with Crippen LogP contribution in [0.5, 0.6) is 0 Å². The zero-order valence-electron chi connectivity index (χ0n) is 9.45. The predicted molar refractivity (Wildman–Crippen MR) is 56.4 cm³/mol. The first-order valence-corrected chi connectivity index (χ1v) is 4.33. The number of hydrogen-bond donors (Lipinski definition) is 2. The number of urea groups is 1. The van der Waals surface area contributed by atoms with E-state index in [1.165, 1.54) is 12.1 Å². The van der Waals surface area contributed by atoms with Crippen molar-refractivity contribution >= 4 is 24.1 Å². The summed E-state index contributed by atoms with van der Waals surface area (Å²) in [6, 6.07) is 1.68. The first kappa shape index (κ1) is 19.2. The fourth-order valence-electron chi connectivity index (χ4n) is 0.669. The van der Waals surface area contributed by atoms with Crippen LogP contribution in [0.4, 0.5) is 10.7 Å². The number of carboxylic acid groups (broad SMARTS) is 1. The summed E-state index contributed by atoms with van der Waals surface area (Å²) >= 11 is 0. The van der Waals surface area contributed by atoms with E-state index in [-0.39, 0.29) is 28.1 Å². The van der Waals surface area contributed by atoms with E-state index >= 15 is 0 Å². The number of nitrogens with zero attached hydrogens (tertiary/aromatic N) is 2. The molecule has 1 aromatic rings. The molecule has 0 saturated carbocycles. The Balaban J connectivity index is 0. The molecular formula is C8H9AgN4O6. The number of carboxylic acids is 1. The molecule has 0 unspecified atom stereocenters. The molecule has 0 radical (unpaired) electrons. The van der Waals surface area contributed by atoms with Crippen LogP contribution < -0.4 is 16.3 Å². The number of primary amides is 1. The molecule has 0 fully saturated rings. The van der Waals surface area contributed by atoms with Crippen molar-refractivity contribution in [1.82, 2.24) is 5.43 Å². The van der Waals surface area contributed by atoms with Crippen molar-refractivity contribution in [3.05, 3.63) is 28.0 Å². The van der Waals surface area contributed by atoms with Gasteiger partial charge < -0.3 is 20.1 Å². The number of hydrazone groups is 1. The van der Waals surface area contributed by atoms with Gasteiger partial charge in [-0.2, -0.15) is 5.10 Å². The van der Waals surface area contributed by atoms with Crippen LogP contribution in [0.15, 0.2) is 21.7 Å². The Morgan fingerprint density at radius 1 is 1.53 bits per heavy atom. The summed E-state index contributed by atoms with van der Waals surface area (Å²) in [7, 11) is 0. The molecule has 1 rings (SSSR count). The van der Waals surface area contributed by atoms with Gasteiger partial charge >= 0.3 is 34.3 Å². The molecule has 0 aliphatic carbocycles. The second kappa shape index (κ2) is 9.82. The van der Waals surface area contributed by atoms with E-state index in [0.717, 1.165) is 13.1 Å². The zero-order valence-corrected chi connectivity index (χ0v) is 10.9. The van der Waals surface area contributed by atoms with E-state index in [4.69, 9.17) is 15.6 Å². The van der Waals surface area contributed by atoms with Gasteiger partial charge in [0.25, 0.3) is 0 Å². The number of nitrogens with one attached hydrogen (secondary N) is 1. The number of rotatable bonds is 3. The van der Waals surface area contributed by atoms with Crippen molar-refractivity contribution in [3.8, 4) is 0 Å². The topological polar surface area (TPSA) is 164 Å². The quantitative estimate of drug-likeness (QED) is 0.300. The van der Waals surface area contributed by atoms with Gasteiger partial charge in [0.05, 0.1) is 12.3 Å². The van der Waals surface area contributed by atoms with Crippen LogP contribution in [-0.4, -0.2) is 23.1 Å². The van der Waals surface area contributed by atoms with Crippen LogP contribution in [0.2, 0.25) is 0 Å². The molecule has 0 aliphatic rings. The third kappa shape index (κ3) is 10.7. The Bertz CT molecular complexity index is 468. The number of furan rings is 1. The molecule has 10 nitrogen and oxygen atoms in total. The number of aliphatic carboxylic acids is 1. The van der Waals surface area contributed by atoms with Gasteiger partial charge in [0, 0.05) is 5.97 Å². The number of carbonyl (C=O) groups is 2. The summed E-state index contributed by atoms with van der Waals surface area (Å²) in [6.45, 7) is 0.972. The number of carbonyl (C=O) groups excluding carboxylic acids is 2. The first-order chi connectivity index (χ1) is 8.32. The Morgan fingerprint density at radius 3 is 2.42 bits per heavy atom. The second-order valence-electron chi connectivity index (χ2n) is 2.66. The maximum Gasteiger partial charge on any atom is 1.00 e. The van der Waals surface area contributed by atoms with Crippen LogP contribution in [0.3, 0.4) is 0 Å². The molecule has 1 heterocycles. The molecule has 19 heavy (non-hydrogen) atoms. The van der Waals surface area contributed by atoms with Crippen molar-refractivity contribution < 1.29 is 46.4 Å². The number of hydrogen-bond acceptors (Lipinski definition) is 7. The van der Waals surface area contributed by atoms with E-state index in [1.54, 1.807) is 0 Å². The van der Waals surface area contributed by atoms with Crippen LogP contribution in [0, 0.1) is 10.1 Å². The fourth-order valence-corrected chi connectivity index (χ4v) is 0.669. The molecule has 1 aromatic heterocycles. The first-order valence-electron chi connectivity index (χ1n) is 4.33. The minimum absolute atomic E-state index is 0. The molecular weight excluding hydrogens is 356 g/mol. The van der Waals surface area contributed by atoms with Crippen LogP contribution in [0.1, 0.15) is 12.7 Å². The van der Waals surface area contributed by atoms with Crippen molar-refractivity contribution in [1.29, 1.82) is 0 Å². The van der Waals surface area contributed by atoms with Gasteiger partial charge in [-0.05, 0) is 13.0 Å². The Morgan fingerprint density at radius 2 is 2.05 bits per heavy atom. The monoisotopic (exact) mass is 364 g/mol. The van der Waals surface area contributed by atoms with Gasteiger partial charge in [0.15, 0.2) is 5.76 Å². The molecule has 0 bridgehead atoms. The standard InChI is InChI=1S/C6H6N4O4.C2H4O2.Ag/c7-6(11)9-8-3-4-1-2-5(14-4)10(12)13;1-2(3)4;/h1-3H,(H3,7,9,11);1H3,(H,3,4);/q;;+1/p-1/b8-3+;;. The van der Waals surface area contributed by atoms with Crippen LogP contribution >= 0.6 is 0 Å². The maximum absolute atomic E-state index is 10.2. The van der Waals surface area contributed by atoms with Crippen molar-refractivity contribution in [2.24, 2.45) is 10.8 Å². The fraction of sp³-hybridized carbons (Fsp3) is 0.125. The van der Waals surface area contributed by atoms with E-state index in [0.29, 0.717) is 0 Å². The summed E-state index contributed by atoms with van der Waals surface area (Å²) in [5.41, 5.74) is 6.62. The van der Waals surface area contributed by atoms with Crippen molar-refractivity contribution in [3.63, 3.8) is 0 Å². The third-order valence-corrected chi connectivity index (χ3v) is 1.16. The third-order valence-electron chi connectivity index (χ3n) is 1.16. The predicted octanol–water partition coefficient (Wildman–Crippen LogP) is -1.06. The molecule has 0 aromatic carbocycles. The van der Waals surface area contributed by atoms with E-state index in [1.807, 2.05) is 5.43 Å². The summed E-state index contributed by atoms with van der Waals surface area (Å²) in [6.07, 6.45) is 1.10. The van der Waals surface area contributed by atoms with Gasteiger partial charge in [-0.25, -0.2) is 10.2 Å². The average molecular weight is 365 g/mol. The Kier molecular flexibility index (Phi) is 9.91. The van der Waals surface area contributed by atoms with Gasteiger partial charge in [-0.3, -0.25) is 10.1 Å². The molecule has 0 aliphatic heterocycles. The molecule has 2 amide bonds. The summed E-state index contributed by atoms with van der Waals surface area (Å²) < 4.78 is 4.69. The van der Waals surface area contributed by atoms with E-state index in [9.17, 15) is 14.9 Å².